The summed E-state index contributed by atoms with van der Waals surface area (Å²) in [7, 11) is 1.66. The van der Waals surface area contributed by atoms with Crippen LogP contribution in [-0.2, 0) is 0 Å². The first-order chi connectivity index (χ1) is 8.70. The molecule has 0 spiro atoms. The van der Waals surface area contributed by atoms with Crippen molar-refractivity contribution in [2.45, 2.75) is 18.9 Å². The zero-order valence-electron chi connectivity index (χ0n) is 10.4. The second-order valence-corrected chi connectivity index (χ2v) is 4.38. The Morgan fingerprint density at radius 3 is 2.67 bits per heavy atom. The smallest absolute Gasteiger partial charge is 0.404 e. The lowest BCUT2D eigenvalue weighted by Gasteiger charge is -2.34. The number of nitrogens with zero attached hydrogens (tertiary/aromatic N) is 1. The molecule has 1 saturated heterocycles. The summed E-state index contributed by atoms with van der Waals surface area (Å²) in [6, 6.07) is 7.97. The Morgan fingerprint density at radius 1 is 1.39 bits per heavy atom. The van der Waals surface area contributed by atoms with Gasteiger partial charge in [-0.25, -0.2) is 4.79 Å². The van der Waals surface area contributed by atoms with Gasteiger partial charge in [0.25, 0.3) is 0 Å². The van der Waals surface area contributed by atoms with Crippen LogP contribution in [0.25, 0.3) is 0 Å². The lowest BCUT2D eigenvalue weighted by atomic mass is 10.0. The van der Waals surface area contributed by atoms with Crippen LogP contribution >= 0.6 is 0 Å². The van der Waals surface area contributed by atoms with Crippen LogP contribution in [0.15, 0.2) is 24.3 Å². The van der Waals surface area contributed by atoms with Crippen molar-refractivity contribution >= 4 is 11.8 Å². The molecule has 1 heterocycles. The predicted molar refractivity (Wildman–Crippen MR) is 69.4 cm³/mol. The number of carbonyl (C=O) groups is 1. The standard InChI is InChI=1S/C13H18N2O3/c1-18-12-5-3-2-4-11(12)15-8-6-10(7-9-15)14-13(16)17/h2-5,10,14H,6-9H2,1H3,(H,16,17). The normalized spacial score (nSPS) is 16.4. The van der Waals surface area contributed by atoms with Crippen LogP contribution in [0.3, 0.4) is 0 Å². The van der Waals surface area contributed by atoms with Crippen molar-refractivity contribution < 1.29 is 14.6 Å². The van der Waals surface area contributed by atoms with Gasteiger partial charge in [-0.2, -0.15) is 0 Å². The van der Waals surface area contributed by atoms with Crippen LogP contribution in [0.4, 0.5) is 10.5 Å². The summed E-state index contributed by atoms with van der Waals surface area (Å²) < 4.78 is 5.34. The molecule has 0 radical (unpaired) electrons. The van der Waals surface area contributed by atoms with Crippen LogP contribution in [0.1, 0.15) is 12.8 Å². The van der Waals surface area contributed by atoms with Crippen molar-refractivity contribution in [2.24, 2.45) is 0 Å². The molecule has 0 saturated carbocycles. The zero-order valence-corrected chi connectivity index (χ0v) is 10.4. The molecule has 1 aliphatic rings. The molecule has 2 rings (SSSR count). The first kappa shape index (κ1) is 12.5. The quantitative estimate of drug-likeness (QED) is 0.860. The summed E-state index contributed by atoms with van der Waals surface area (Å²) in [6.07, 6.45) is 0.708. The minimum Gasteiger partial charge on any atom is -0.495 e. The van der Waals surface area contributed by atoms with Gasteiger partial charge in [-0.3, -0.25) is 0 Å². The van der Waals surface area contributed by atoms with Crippen molar-refractivity contribution in [3.8, 4) is 5.75 Å². The van der Waals surface area contributed by atoms with Crippen LogP contribution in [-0.4, -0.2) is 37.4 Å². The third kappa shape index (κ3) is 2.85. The average Bonchev–Trinajstić information content (AvgIpc) is 2.39. The number of rotatable bonds is 3. The maximum Gasteiger partial charge on any atom is 0.404 e. The molecule has 0 atom stereocenters. The van der Waals surface area contributed by atoms with E-state index in [1.54, 1.807) is 7.11 Å². The monoisotopic (exact) mass is 250 g/mol. The van der Waals surface area contributed by atoms with E-state index >= 15 is 0 Å². The predicted octanol–water partition coefficient (Wildman–Crippen LogP) is 1.93. The number of benzene rings is 1. The Balaban J connectivity index is 1.99. The first-order valence-electron chi connectivity index (χ1n) is 6.08. The summed E-state index contributed by atoms with van der Waals surface area (Å²) in [5.74, 6) is 0.863. The van der Waals surface area contributed by atoms with Crippen molar-refractivity contribution in [2.75, 3.05) is 25.1 Å². The number of hydrogen-bond donors (Lipinski definition) is 2. The van der Waals surface area contributed by atoms with E-state index < -0.39 is 6.09 Å². The Bertz CT molecular complexity index is 414. The van der Waals surface area contributed by atoms with Gasteiger partial charge >= 0.3 is 6.09 Å². The molecule has 1 amide bonds. The minimum atomic E-state index is -0.939. The molecule has 2 N–H and O–H groups in total. The van der Waals surface area contributed by atoms with E-state index in [1.807, 2.05) is 24.3 Å². The molecule has 1 aliphatic heterocycles. The molecule has 1 aromatic carbocycles. The molecule has 98 valence electrons. The van der Waals surface area contributed by atoms with E-state index in [0.717, 1.165) is 37.4 Å². The SMILES string of the molecule is COc1ccccc1N1CCC(NC(=O)O)CC1. The Hall–Kier alpha value is -1.91. The van der Waals surface area contributed by atoms with E-state index in [-0.39, 0.29) is 6.04 Å². The fraction of sp³-hybridized carbons (Fsp3) is 0.462. The van der Waals surface area contributed by atoms with E-state index in [1.165, 1.54) is 0 Å². The van der Waals surface area contributed by atoms with Crippen molar-refractivity contribution in [1.82, 2.24) is 5.32 Å². The minimum absolute atomic E-state index is 0.0634. The molecule has 1 aromatic rings. The van der Waals surface area contributed by atoms with Gasteiger partial charge in [0.1, 0.15) is 5.75 Å². The summed E-state index contributed by atoms with van der Waals surface area (Å²) in [4.78, 5) is 12.8. The van der Waals surface area contributed by atoms with E-state index in [9.17, 15) is 4.79 Å². The number of anilines is 1. The molecule has 5 heteroatoms. The number of para-hydroxylation sites is 2. The lowest BCUT2D eigenvalue weighted by molar-refractivity contribution is 0.187. The maximum absolute atomic E-state index is 10.6. The van der Waals surface area contributed by atoms with Gasteiger partial charge in [0.15, 0.2) is 0 Å². The van der Waals surface area contributed by atoms with E-state index in [4.69, 9.17) is 9.84 Å². The van der Waals surface area contributed by atoms with Gasteiger partial charge in [0, 0.05) is 19.1 Å². The molecular formula is C13H18N2O3. The summed E-state index contributed by atoms with van der Waals surface area (Å²) in [5.41, 5.74) is 1.08. The Kier molecular flexibility index (Phi) is 3.92. The van der Waals surface area contributed by atoms with Gasteiger partial charge in [-0.05, 0) is 25.0 Å². The second kappa shape index (κ2) is 5.62. The van der Waals surface area contributed by atoms with Gasteiger partial charge in [-0.15, -0.1) is 0 Å². The molecule has 0 aromatic heterocycles. The largest absolute Gasteiger partial charge is 0.495 e. The highest BCUT2D eigenvalue weighted by atomic mass is 16.5. The summed E-state index contributed by atoms with van der Waals surface area (Å²) in [5, 5.41) is 11.2. The third-order valence-electron chi connectivity index (χ3n) is 3.25. The molecule has 18 heavy (non-hydrogen) atoms. The second-order valence-electron chi connectivity index (χ2n) is 4.38. The average molecular weight is 250 g/mol. The maximum atomic E-state index is 10.6. The molecule has 0 unspecified atom stereocenters. The van der Waals surface area contributed by atoms with Gasteiger partial charge in [0.2, 0.25) is 0 Å². The fourth-order valence-corrected chi connectivity index (χ4v) is 2.33. The van der Waals surface area contributed by atoms with Gasteiger partial charge < -0.3 is 20.1 Å². The molecule has 1 fully saturated rings. The van der Waals surface area contributed by atoms with Crippen molar-refractivity contribution in [1.29, 1.82) is 0 Å². The highest BCUT2D eigenvalue weighted by Gasteiger charge is 2.22. The van der Waals surface area contributed by atoms with E-state index in [2.05, 4.69) is 10.2 Å². The van der Waals surface area contributed by atoms with Crippen LogP contribution < -0.4 is 15.0 Å². The van der Waals surface area contributed by atoms with Crippen LogP contribution in [0.5, 0.6) is 5.75 Å². The highest BCUT2D eigenvalue weighted by Crippen LogP contribution is 2.29. The van der Waals surface area contributed by atoms with Crippen molar-refractivity contribution in [3.63, 3.8) is 0 Å². The van der Waals surface area contributed by atoms with E-state index in [0.29, 0.717) is 0 Å². The zero-order chi connectivity index (χ0) is 13.0. The Labute approximate surface area is 106 Å². The number of hydrogen-bond acceptors (Lipinski definition) is 3. The van der Waals surface area contributed by atoms with Crippen LogP contribution in [0, 0.1) is 0 Å². The molecular weight excluding hydrogens is 232 g/mol. The number of amides is 1. The first-order valence-corrected chi connectivity index (χ1v) is 6.08. The van der Waals surface area contributed by atoms with Crippen molar-refractivity contribution in [3.05, 3.63) is 24.3 Å². The highest BCUT2D eigenvalue weighted by molar-refractivity contribution is 5.65. The number of nitrogens with one attached hydrogen (secondary N) is 1. The van der Waals surface area contributed by atoms with Gasteiger partial charge in [-0.1, -0.05) is 12.1 Å². The Morgan fingerprint density at radius 2 is 2.06 bits per heavy atom. The fourth-order valence-electron chi connectivity index (χ4n) is 2.33. The molecule has 0 bridgehead atoms. The molecule has 5 nitrogen and oxygen atoms in total. The third-order valence-corrected chi connectivity index (χ3v) is 3.25. The van der Waals surface area contributed by atoms with Gasteiger partial charge in [0.05, 0.1) is 12.8 Å². The number of piperidine rings is 1. The summed E-state index contributed by atoms with van der Waals surface area (Å²) in [6.45, 7) is 1.68. The lowest BCUT2D eigenvalue weighted by Crippen LogP contribution is -2.44. The summed E-state index contributed by atoms with van der Waals surface area (Å²) >= 11 is 0. The topological polar surface area (TPSA) is 61.8 Å². The number of carboxylic acid groups (broad SMARTS) is 1. The number of ether oxygens (including phenoxy) is 1. The van der Waals surface area contributed by atoms with Crippen LogP contribution in [0.2, 0.25) is 0 Å². The number of methoxy groups -OCH3 is 1. The molecule has 0 aliphatic carbocycles.